The standard InChI is InChI=1S/C15H24N2O3S/c1-14(2,3)21(18,19)13-7-6-12(10-16-13)17-11-15(20-4)8-5-9-15/h6-7,10,17H,5,8-9,11H2,1-4H3. The lowest BCUT2D eigenvalue weighted by Gasteiger charge is -2.40. The van der Waals surface area contributed by atoms with Crippen molar-refractivity contribution in [3.63, 3.8) is 0 Å². The number of hydrogen-bond donors (Lipinski definition) is 1. The summed E-state index contributed by atoms with van der Waals surface area (Å²) >= 11 is 0. The van der Waals surface area contributed by atoms with Crippen molar-refractivity contribution in [2.75, 3.05) is 19.0 Å². The molecular formula is C15H24N2O3S. The van der Waals surface area contributed by atoms with Gasteiger partial charge >= 0.3 is 0 Å². The Morgan fingerprint density at radius 3 is 2.38 bits per heavy atom. The molecule has 0 saturated heterocycles. The van der Waals surface area contributed by atoms with Crippen LogP contribution < -0.4 is 5.32 Å². The molecule has 0 aliphatic heterocycles. The fourth-order valence-corrected chi connectivity index (χ4v) is 3.31. The molecule has 1 N–H and O–H groups in total. The molecule has 1 aromatic heterocycles. The number of hydrogen-bond acceptors (Lipinski definition) is 5. The van der Waals surface area contributed by atoms with Crippen molar-refractivity contribution in [3.8, 4) is 0 Å². The van der Waals surface area contributed by atoms with Crippen molar-refractivity contribution in [2.45, 2.75) is 55.4 Å². The van der Waals surface area contributed by atoms with E-state index in [0.29, 0.717) is 0 Å². The van der Waals surface area contributed by atoms with Crippen LogP contribution in [0.1, 0.15) is 40.0 Å². The first kappa shape index (κ1) is 16.2. The molecule has 1 heterocycles. The number of rotatable bonds is 5. The Balaban J connectivity index is 2.06. The maximum atomic E-state index is 12.3. The van der Waals surface area contributed by atoms with Crippen molar-refractivity contribution in [2.24, 2.45) is 0 Å². The Labute approximate surface area is 127 Å². The van der Waals surface area contributed by atoms with Crippen LogP contribution in [0.15, 0.2) is 23.4 Å². The van der Waals surface area contributed by atoms with E-state index in [4.69, 9.17) is 4.74 Å². The van der Waals surface area contributed by atoms with E-state index in [2.05, 4.69) is 10.3 Å². The molecule has 21 heavy (non-hydrogen) atoms. The van der Waals surface area contributed by atoms with E-state index >= 15 is 0 Å². The van der Waals surface area contributed by atoms with Gasteiger partial charge in [-0.15, -0.1) is 0 Å². The van der Waals surface area contributed by atoms with Gasteiger partial charge in [0.25, 0.3) is 0 Å². The largest absolute Gasteiger partial charge is 0.381 e. The molecule has 0 amide bonds. The van der Waals surface area contributed by atoms with Gasteiger partial charge in [0.1, 0.15) is 0 Å². The van der Waals surface area contributed by atoms with Crippen LogP contribution in [-0.4, -0.2) is 37.4 Å². The molecule has 0 radical (unpaired) electrons. The molecule has 1 fully saturated rings. The van der Waals surface area contributed by atoms with Gasteiger partial charge in [0, 0.05) is 13.7 Å². The maximum Gasteiger partial charge on any atom is 0.200 e. The van der Waals surface area contributed by atoms with E-state index in [1.165, 1.54) is 6.42 Å². The quantitative estimate of drug-likeness (QED) is 0.905. The van der Waals surface area contributed by atoms with Crippen LogP contribution in [0.2, 0.25) is 0 Å². The lowest BCUT2D eigenvalue weighted by Crippen LogP contribution is -2.45. The predicted octanol–water partition coefficient (Wildman–Crippen LogP) is 2.63. The first-order valence-electron chi connectivity index (χ1n) is 7.20. The number of ether oxygens (including phenoxy) is 1. The van der Waals surface area contributed by atoms with Gasteiger partial charge in [0.15, 0.2) is 14.9 Å². The van der Waals surface area contributed by atoms with E-state index in [-0.39, 0.29) is 10.6 Å². The number of pyridine rings is 1. The fraction of sp³-hybridized carbons (Fsp3) is 0.667. The zero-order valence-corrected chi connectivity index (χ0v) is 14.0. The van der Waals surface area contributed by atoms with E-state index in [1.807, 2.05) is 0 Å². The van der Waals surface area contributed by atoms with E-state index in [1.54, 1.807) is 46.2 Å². The summed E-state index contributed by atoms with van der Waals surface area (Å²) in [7, 11) is -1.66. The van der Waals surface area contributed by atoms with Crippen LogP contribution in [0, 0.1) is 0 Å². The Morgan fingerprint density at radius 2 is 2.00 bits per heavy atom. The number of aromatic nitrogens is 1. The number of nitrogens with zero attached hydrogens (tertiary/aromatic N) is 1. The molecule has 1 aliphatic rings. The normalized spacial score (nSPS) is 18.1. The Kier molecular flexibility index (Phi) is 4.31. The second-order valence-corrected chi connectivity index (χ2v) is 9.25. The van der Waals surface area contributed by atoms with Crippen molar-refractivity contribution < 1.29 is 13.2 Å². The zero-order valence-electron chi connectivity index (χ0n) is 13.1. The van der Waals surface area contributed by atoms with Gasteiger partial charge in [-0.1, -0.05) is 0 Å². The third kappa shape index (κ3) is 3.21. The molecule has 0 aromatic carbocycles. The van der Waals surface area contributed by atoms with Crippen LogP contribution in [0.4, 0.5) is 5.69 Å². The molecular weight excluding hydrogens is 288 g/mol. The molecule has 1 aliphatic carbocycles. The summed E-state index contributed by atoms with van der Waals surface area (Å²) in [6.07, 6.45) is 4.87. The van der Waals surface area contributed by atoms with Gasteiger partial charge in [-0.05, 0) is 52.2 Å². The summed E-state index contributed by atoms with van der Waals surface area (Å²) in [5.41, 5.74) is 0.738. The summed E-state index contributed by atoms with van der Waals surface area (Å²) in [5, 5.41) is 3.39. The first-order valence-corrected chi connectivity index (χ1v) is 8.68. The highest BCUT2D eigenvalue weighted by atomic mass is 32.2. The van der Waals surface area contributed by atoms with Crippen LogP contribution in [-0.2, 0) is 14.6 Å². The molecule has 0 spiro atoms. The van der Waals surface area contributed by atoms with Crippen LogP contribution >= 0.6 is 0 Å². The van der Waals surface area contributed by atoms with Crippen molar-refractivity contribution in [1.29, 1.82) is 0 Å². The summed E-state index contributed by atoms with van der Waals surface area (Å²) in [6.45, 7) is 5.75. The van der Waals surface area contributed by atoms with Gasteiger partial charge in [-0.25, -0.2) is 13.4 Å². The second-order valence-electron chi connectivity index (χ2n) is 6.60. The number of anilines is 1. The monoisotopic (exact) mass is 312 g/mol. The van der Waals surface area contributed by atoms with Gasteiger partial charge in [-0.3, -0.25) is 0 Å². The first-order chi connectivity index (χ1) is 9.70. The van der Waals surface area contributed by atoms with Gasteiger partial charge in [0.05, 0.1) is 22.2 Å². The highest BCUT2D eigenvalue weighted by Crippen LogP contribution is 2.35. The van der Waals surface area contributed by atoms with Crippen LogP contribution in [0.25, 0.3) is 0 Å². The number of nitrogens with one attached hydrogen (secondary N) is 1. The summed E-state index contributed by atoms with van der Waals surface area (Å²) in [5.74, 6) is 0. The van der Waals surface area contributed by atoms with Crippen molar-refractivity contribution in [1.82, 2.24) is 4.98 Å². The van der Waals surface area contributed by atoms with Gasteiger partial charge < -0.3 is 10.1 Å². The third-order valence-electron chi connectivity index (χ3n) is 4.13. The fourth-order valence-electron chi connectivity index (χ4n) is 2.24. The van der Waals surface area contributed by atoms with Crippen molar-refractivity contribution >= 4 is 15.5 Å². The molecule has 1 aromatic rings. The SMILES string of the molecule is COC1(CNc2ccc(S(=O)(=O)C(C)(C)C)nc2)CCC1. The van der Waals surface area contributed by atoms with Crippen LogP contribution in [0.3, 0.4) is 0 Å². The Hall–Kier alpha value is -1.14. The molecule has 5 nitrogen and oxygen atoms in total. The molecule has 0 bridgehead atoms. The molecule has 1 saturated carbocycles. The van der Waals surface area contributed by atoms with E-state index < -0.39 is 14.6 Å². The van der Waals surface area contributed by atoms with E-state index in [9.17, 15) is 8.42 Å². The van der Waals surface area contributed by atoms with Crippen LogP contribution in [0.5, 0.6) is 0 Å². The maximum absolute atomic E-state index is 12.3. The average Bonchev–Trinajstić information content (AvgIpc) is 2.37. The number of sulfone groups is 1. The Bertz CT molecular complexity index is 579. The lowest BCUT2D eigenvalue weighted by molar-refractivity contribution is -0.0601. The summed E-state index contributed by atoms with van der Waals surface area (Å²) in [4.78, 5) is 4.10. The number of methoxy groups -OCH3 is 1. The minimum Gasteiger partial charge on any atom is -0.381 e. The van der Waals surface area contributed by atoms with E-state index in [0.717, 1.165) is 25.1 Å². The molecule has 118 valence electrons. The third-order valence-corrected chi connectivity index (χ3v) is 6.53. The molecule has 0 atom stereocenters. The minimum absolute atomic E-state index is 0.0733. The summed E-state index contributed by atoms with van der Waals surface area (Å²) < 4.78 is 29.3. The second kappa shape index (κ2) is 5.57. The molecule has 0 unspecified atom stereocenters. The van der Waals surface area contributed by atoms with Gasteiger partial charge in [-0.2, -0.15) is 0 Å². The zero-order chi connectivity index (χ0) is 15.7. The smallest absolute Gasteiger partial charge is 0.200 e. The Morgan fingerprint density at radius 1 is 1.33 bits per heavy atom. The lowest BCUT2D eigenvalue weighted by atomic mass is 9.80. The van der Waals surface area contributed by atoms with Gasteiger partial charge in [0.2, 0.25) is 0 Å². The predicted molar refractivity (Wildman–Crippen MR) is 83.3 cm³/mol. The summed E-state index contributed by atoms with van der Waals surface area (Å²) in [6, 6.07) is 3.32. The molecule has 2 rings (SSSR count). The highest BCUT2D eigenvalue weighted by molar-refractivity contribution is 7.92. The molecule has 6 heteroatoms. The average molecular weight is 312 g/mol. The van der Waals surface area contributed by atoms with Crippen molar-refractivity contribution in [3.05, 3.63) is 18.3 Å². The minimum atomic E-state index is -3.40. The highest BCUT2D eigenvalue weighted by Gasteiger charge is 2.36. The topological polar surface area (TPSA) is 68.3 Å².